The molecule has 0 spiro atoms. The van der Waals surface area contributed by atoms with Crippen molar-refractivity contribution in [1.82, 2.24) is 9.88 Å². The van der Waals surface area contributed by atoms with Crippen molar-refractivity contribution in [3.05, 3.63) is 23.9 Å². The predicted molar refractivity (Wildman–Crippen MR) is 65.5 cm³/mol. The lowest BCUT2D eigenvalue weighted by molar-refractivity contribution is 0.0697. The number of nitrogens with zero attached hydrogens (tertiary/aromatic N) is 3. The number of piperazine rings is 1. The molecule has 1 aliphatic heterocycles. The van der Waals surface area contributed by atoms with Crippen LogP contribution in [0.1, 0.15) is 17.3 Å². The Balaban J connectivity index is 2.15. The minimum absolute atomic E-state index is 0.289. The Hall–Kier alpha value is -1.62. The second-order valence-corrected chi connectivity index (χ2v) is 4.10. The number of hydrogen-bond acceptors (Lipinski definition) is 4. The summed E-state index contributed by atoms with van der Waals surface area (Å²) in [4.78, 5) is 19.7. The number of likely N-dealkylation sites (N-methyl/N-ethyl adjacent to an activating group) is 1. The monoisotopic (exact) mass is 235 g/mol. The molecule has 1 aromatic rings. The van der Waals surface area contributed by atoms with Gasteiger partial charge in [-0.05, 0) is 18.7 Å². The molecule has 2 heterocycles. The Morgan fingerprint density at radius 3 is 2.71 bits per heavy atom. The third-order valence-corrected chi connectivity index (χ3v) is 3.14. The second-order valence-electron chi connectivity index (χ2n) is 4.10. The molecule has 1 saturated heterocycles. The second kappa shape index (κ2) is 5.14. The highest BCUT2D eigenvalue weighted by Gasteiger charge is 2.21. The minimum atomic E-state index is -0.911. The summed E-state index contributed by atoms with van der Waals surface area (Å²) in [6, 6.07) is 3.27. The van der Waals surface area contributed by atoms with E-state index >= 15 is 0 Å². The molecule has 0 saturated carbocycles. The summed E-state index contributed by atoms with van der Waals surface area (Å²) in [6.45, 7) is 6.79. The third-order valence-electron chi connectivity index (χ3n) is 3.14. The number of carboxylic acids is 1. The van der Waals surface area contributed by atoms with Gasteiger partial charge in [0.15, 0.2) is 0 Å². The number of aromatic carboxylic acids is 1. The quantitative estimate of drug-likeness (QED) is 0.844. The van der Waals surface area contributed by atoms with E-state index in [4.69, 9.17) is 5.11 Å². The van der Waals surface area contributed by atoms with Gasteiger partial charge in [-0.2, -0.15) is 0 Å². The molecule has 0 aromatic carbocycles. The van der Waals surface area contributed by atoms with Gasteiger partial charge in [0.2, 0.25) is 0 Å². The summed E-state index contributed by atoms with van der Waals surface area (Å²) >= 11 is 0. The van der Waals surface area contributed by atoms with Gasteiger partial charge in [0.25, 0.3) is 0 Å². The molecule has 1 fully saturated rings. The molecule has 0 aliphatic carbocycles. The van der Waals surface area contributed by atoms with Gasteiger partial charge in [0, 0.05) is 32.4 Å². The molecule has 17 heavy (non-hydrogen) atoms. The number of hydrogen-bond donors (Lipinski definition) is 1. The van der Waals surface area contributed by atoms with Crippen LogP contribution in [-0.4, -0.2) is 53.7 Å². The summed E-state index contributed by atoms with van der Waals surface area (Å²) in [7, 11) is 0. The fourth-order valence-corrected chi connectivity index (χ4v) is 2.09. The standard InChI is InChI=1S/C12H17N3O2/c1-2-14-6-8-15(9-7-14)11-10(12(16)17)4-3-5-13-11/h3-5H,2,6-9H2,1H3,(H,16,17). The summed E-state index contributed by atoms with van der Waals surface area (Å²) in [5, 5.41) is 9.12. The Morgan fingerprint density at radius 2 is 2.12 bits per heavy atom. The van der Waals surface area contributed by atoms with Gasteiger partial charge < -0.3 is 14.9 Å². The summed E-state index contributed by atoms with van der Waals surface area (Å²) in [5.74, 6) is -0.318. The first kappa shape index (κ1) is 11.9. The van der Waals surface area contributed by atoms with E-state index < -0.39 is 5.97 Å². The van der Waals surface area contributed by atoms with Crippen LogP contribution in [0.5, 0.6) is 0 Å². The zero-order valence-electron chi connectivity index (χ0n) is 9.96. The van der Waals surface area contributed by atoms with E-state index in [9.17, 15) is 4.79 Å². The molecule has 1 aliphatic rings. The van der Waals surface area contributed by atoms with Crippen molar-refractivity contribution in [2.24, 2.45) is 0 Å². The van der Waals surface area contributed by atoms with Crippen molar-refractivity contribution >= 4 is 11.8 Å². The molecule has 0 atom stereocenters. The average Bonchev–Trinajstić information content (AvgIpc) is 2.39. The maximum Gasteiger partial charge on any atom is 0.339 e. The van der Waals surface area contributed by atoms with E-state index in [0.717, 1.165) is 32.7 Å². The van der Waals surface area contributed by atoms with Crippen molar-refractivity contribution < 1.29 is 9.90 Å². The lowest BCUT2D eigenvalue weighted by Crippen LogP contribution is -2.46. The number of anilines is 1. The molecule has 5 nitrogen and oxygen atoms in total. The molecular formula is C12H17N3O2. The van der Waals surface area contributed by atoms with E-state index in [-0.39, 0.29) is 5.56 Å². The number of pyridine rings is 1. The highest BCUT2D eigenvalue weighted by Crippen LogP contribution is 2.18. The molecule has 5 heteroatoms. The lowest BCUT2D eigenvalue weighted by Gasteiger charge is -2.35. The van der Waals surface area contributed by atoms with Crippen LogP contribution in [0.3, 0.4) is 0 Å². The van der Waals surface area contributed by atoms with Gasteiger partial charge >= 0.3 is 5.97 Å². The number of carbonyl (C=O) groups is 1. The highest BCUT2D eigenvalue weighted by atomic mass is 16.4. The molecule has 0 radical (unpaired) electrons. The normalized spacial score (nSPS) is 17.1. The van der Waals surface area contributed by atoms with E-state index in [2.05, 4.69) is 21.7 Å². The van der Waals surface area contributed by atoms with Crippen LogP contribution < -0.4 is 4.90 Å². The topological polar surface area (TPSA) is 56.7 Å². The Labute approximate surface area is 101 Å². The van der Waals surface area contributed by atoms with Crippen LogP contribution in [0, 0.1) is 0 Å². The molecule has 2 rings (SSSR count). The van der Waals surface area contributed by atoms with E-state index in [1.807, 2.05) is 0 Å². The maximum atomic E-state index is 11.1. The summed E-state index contributed by atoms with van der Waals surface area (Å²) < 4.78 is 0. The molecule has 0 bridgehead atoms. The van der Waals surface area contributed by atoms with Gasteiger partial charge in [-0.15, -0.1) is 0 Å². The SMILES string of the molecule is CCN1CCN(c2ncccc2C(=O)O)CC1. The van der Waals surface area contributed by atoms with Gasteiger partial charge in [-0.1, -0.05) is 6.92 Å². The Bertz CT molecular complexity index is 400. The largest absolute Gasteiger partial charge is 0.478 e. The molecule has 0 amide bonds. The van der Waals surface area contributed by atoms with Crippen LogP contribution >= 0.6 is 0 Å². The van der Waals surface area contributed by atoms with E-state index in [0.29, 0.717) is 5.82 Å². The molecular weight excluding hydrogens is 218 g/mol. The van der Waals surface area contributed by atoms with Crippen LogP contribution in [0.25, 0.3) is 0 Å². The number of rotatable bonds is 3. The fourth-order valence-electron chi connectivity index (χ4n) is 2.09. The smallest absolute Gasteiger partial charge is 0.339 e. The van der Waals surface area contributed by atoms with Crippen LogP contribution in [0.4, 0.5) is 5.82 Å². The zero-order chi connectivity index (χ0) is 12.3. The Morgan fingerprint density at radius 1 is 1.41 bits per heavy atom. The average molecular weight is 235 g/mol. The zero-order valence-corrected chi connectivity index (χ0v) is 9.96. The van der Waals surface area contributed by atoms with Gasteiger partial charge in [0.05, 0.1) is 0 Å². The van der Waals surface area contributed by atoms with Crippen LogP contribution in [0.15, 0.2) is 18.3 Å². The third kappa shape index (κ3) is 2.55. The number of carboxylic acid groups (broad SMARTS) is 1. The molecule has 1 aromatic heterocycles. The molecule has 0 unspecified atom stereocenters. The highest BCUT2D eigenvalue weighted by molar-refractivity contribution is 5.93. The summed E-state index contributed by atoms with van der Waals surface area (Å²) in [6.07, 6.45) is 1.65. The first-order chi connectivity index (χ1) is 8.22. The van der Waals surface area contributed by atoms with Gasteiger partial charge in [0.1, 0.15) is 11.4 Å². The lowest BCUT2D eigenvalue weighted by atomic mass is 10.2. The predicted octanol–water partition coefficient (Wildman–Crippen LogP) is 0.922. The van der Waals surface area contributed by atoms with Gasteiger partial charge in [-0.3, -0.25) is 0 Å². The molecule has 1 N–H and O–H groups in total. The summed E-state index contributed by atoms with van der Waals surface area (Å²) in [5.41, 5.74) is 0.289. The van der Waals surface area contributed by atoms with Crippen molar-refractivity contribution in [1.29, 1.82) is 0 Å². The van der Waals surface area contributed by atoms with Gasteiger partial charge in [-0.25, -0.2) is 9.78 Å². The Kier molecular flexibility index (Phi) is 3.58. The van der Waals surface area contributed by atoms with Crippen molar-refractivity contribution in [2.75, 3.05) is 37.6 Å². The first-order valence-corrected chi connectivity index (χ1v) is 5.88. The van der Waals surface area contributed by atoms with E-state index in [1.165, 1.54) is 0 Å². The maximum absolute atomic E-state index is 11.1. The number of aromatic nitrogens is 1. The van der Waals surface area contributed by atoms with Crippen molar-refractivity contribution in [3.63, 3.8) is 0 Å². The van der Waals surface area contributed by atoms with Crippen LogP contribution in [-0.2, 0) is 0 Å². The first-order valence-electron chi connectivity index (χ1n) is 5.88. The fraction of sp³-hybridized carbons (Fsp3) is 0.500. The minimum Gasteiger partial charge on any atom is -0.478 e. The van der Waals surface area contributed by atoms with Crippen molar-refractivity contribution in [2.45, 2.75) is 6.92 Å². The van der Waals surface area contributed by atoms with E-state index in [1.54, 1.807) is 18.3 Å². The van der Waals surface area contributed by atoms with Crippen molar-refractivity contribution in [3.8, 4) is 0 Å². The van der Waals surface area contributed by atoms with Crippen LogP contribution in [0.2, 0.25) is 0 Å². The molecule has 92 valence electrons.